The van der Waals surface area contributed by atoms with Crippen LogP contribution < -0.4 is 0 Å². The van der Waals surface area contributed by atoms with Gasteiger partial charge in [0.1, 0.15) is 12.8 Å². The number of halogens is 1. The maximum Gasteiger partial charge on any atom is 0.339 e. The molecule has 114 valence electrons. The fourth-order valence-corrected chi connectivity index (χ4v) is 2.43. The van der Waals surface area contributed by atoms with Crippen LogP contribution in [-0.4, -0.2) is 28.2 Å². The van der Waals surface area contributed by atoms with E-state index >= 15 is 0 Å². The van der Waals surface area contributed by atoms with Crippen molar-refractivity contribution in [3.8, 4) is 0 Å². The van der Waals surface area contributed by atoms with Crippen LogP contribution in [0.1, 0.15) is 10.4 Å². The lowest BCUT2D eigenvalue weighted by molar-refractivity contribution is -0.385. The number of rotatable bonds is 6. The van der Waals surface area contributed by atoms with E-state index < -0.39 is 10.9 Å². The van der Waals surface area contributed by atoms with E-state index in [2.05, 4.69) is 4.98 Å². The summed E-state index contributed by atoms with van der Waals surface area (Å²) in [6, 6.07) is 9.58. The molecule has 0 unspecified atom stereocenters. The Morgan fingerprint density at radius 2 is 2.09 bits per heavy atom. The Bertz CT molecular complexity index is 679. The van der Waals surface area contributed by atoms with Crippen LogP contribution in [0.4, 0.5) is 5.69 Å². The molecule has 2 rings (SSSR count). The van der Waals surface area contributed by atoms with Gasteiger partial charge in [0.25, 0.3) is 5.69 Å². The first-order valence-corrected chi connectivity index (χ1v) is 7.59. The number of esters is 1. The Morgan fingerprint density at radius 1 is 1.32 bits per heavy atom. The molecule has 0 aliphatic carbocycles. The van der Waals surface area contributed by atoms with Gasteiger partial charge in [-0.05, 0) is 18.2 Å². The van der Waals surface area contributed by atoms with Crippen LogP contribution in [0.25, 0.3) is 0 Å². The zero-order valence-electron chi connectivity index (χ0n) is 11.3. The number of ether oxygens (including phenoxy) is 1. The molecule has 22 heavy (non-hydrogen) atoms. The quantitative estimate of drug-likeness (QED) is 0.263. The third-order valence-corrected chi connectivity index (χ3v) is 3.83. The van der Waals surface area contributed by atoms with E-state index in [1.807, 2.05) is 0 Å². The van der Waals surface area contributed by atoms with E-state index in [1.54, 1.807) is 30.3 Å². The Morgan fingerprint density at radius 3 is 2.73 bits per heavy atom. The number of thioether (sulfide) groups is 1. The predicted octanol–water partition coefficient (Wildman–Crippen LogP) is 3.59. The number of benzene rings is 1. The van der Waals surface area contributed by atoms with E-state index in [4.69, 9.17) is 16.3 Å². The Hall–Kier alpha value is -2.12. The third kappa shape index (κ3) is 4.44. The molecule has 6 nitrogen and oxygen atoms in total. The van der Waals surface area contributed by atoms with Crippen molar-refractivity contribution in [2.75, 3.05) is 12.4 Å². The minimum absolute atomic E-state index is 0.0607. The summed E-state index contributed by atoms with van der Waals surface area (Å²) in [7, 11) is 0. The maximum absolute atomic E-state index is 11.8. The molecule has 1 aromatic heterocycles. The number of aromatic nitrogens is 1. The third-order valence-electron chi connectivity index (χ3n) is 2.59. The summed E-state index contributed by atoms with van der Waals surface area (Å²) in [4.78, 5) is 25.7. The SMILES string of the molecule is O=C(OCCSc1ccc([N+](=O)[O-])cn1)c1ccccc1Cl. The van der Waals surface area contributed by atoms with Gasteiger partial charge in [-0.3, -0.25) is 10.1 Å². The fraction of sp³-hybridized carbons (Fsp3) is 0.143. The summed E-state index contributed by atoms with van der Waals surface area (Å²) in [6.07, 6.45) is 1.19. The van der Waals surface area contributed by atoms with E-state index in [0.29, 0.717) is 21.4 Å². The van der Waals surface area contributed by atoms with Crippen molar-refractivity contribution < 1.29 is 14.5 Å². The van der Waals surface area contributed by atoms with E-state index in [0.717, 1.165) is 0 Å². The molecule has 0 aliphatic rings. The van der Waals surface area contributed by atoms with Gasteiger partial charge >= 0.3 is 5.97 Å². The fourth-order valence-electron chi connectivity index (χ4n) is 1.55. The molecular weight excluding hydrogens is 328 g/mol. The molecule has 0 atom stereocenters. The van der Waals surface area contributed by atoms with Gasteiger partial charge in [0, 0.05) is 11.8 Å². The second-order valence-corrected chi connectivity index (χ2v) is 5.60. The van der Waals surface area contributed by atoms with Gasteiger partial charge in [0.15, 0.2) is 0 Å². The van der Waals surface area contributed by atoms with Crippen LogP contribution in [0, 0.1) is 10.1 Å². The molecule has 1 aromatic carbocycles. The molecule has 0 spiro atoms. The van der Waals surface area contributed by atoms with Gasteiger partial charge < -0.3 is 4.74 Å². The molecule has 0 amide bonds. The Labute approximate surface area is 135 Å². The summed E-state index contributed by atoms with van der Waals surface area (Å²) in [5.41, 5.74) is 0.261. The van der Waals surface area contributed by atoms with Gasteiger partial charge in [0.2, 0.25) is 0 Å². The van der Waals surface area contributed by atoms with Gasteiger partial charge in [-0.2, -0.15) is 0 Å². The molecule has 0 radical (unpaired) electrons. The topological polar surface area (TPSA) is 82.3 Å². The minimum atomic E-state index is -0.507. The normalized spacial score (nSPS) is 10.2. The highest BCUT2D eigenvalue weighted by Gasteiger charge is 2.11. The first kappa shape index (κ1) is 16.3. The molecule has 0 fully saturated rings. The van der Waals surface area contributed by atoms with Crippen LogP contribution in [0.2, 0.25) is 5.02 Å². The number of hydrogen-bond donors (Lipinski definition) is 0. The summed E-state index contributed by atoms with van der Waals surface area (Å²) < 4.78 is 5.11. The monoisotopic (exact) mass is 338 g/mol. The smallest absolute Gasteiger partial charge is 0.339 e. The van der Waals surface area contributed by atoms with E-state index in [1.165, 1.54) is 24.0 Å². The average Bonchev–Trinajstić information content (AvgIpc) is 2.52. The Balaban J connectivity index is 1.78. The van der Waals surface area contributed by atoms with Crippen molar-refractivity contribution >= 4 is 35.0 Å². The van der Waals surface area contributed by atoms with E-state index in [9.17, 15) is 14.9 Å². The van der Waals surface area contributed by atoms with Crippen LogP contribution in [-0.2, 0) is 4.74 Å². The lowest BCUT2D eigenvalue weighted by atomic mass is 10.2. The largest absolute Gasteiger partial charge is 0.461 e. The molecule has 0 bridgehead atoms. The lowest BCUT2D eigenvalue weighted by Gasteiger charge is -2.05. The van der Waals surface area contributed by atoms with Crippen molar-refractivity contribution in [2.24, 2.45) is 0 Å². The number of carbonyl (C=O) groups excluding carboxylic acids is 1. The minimum Gasteiger partial charge on any atom is -0.461 e. The zero-order valence-corrected chi connectivity index (χ0v) is 12.8. The highest BCUT2D eigenvalue weighted by atomic mass is 35.5. The number of nitrogens with zero attached hydrogens (tertiary/aromatic N) is 2. The number of carbonyl (C=O) groups is 1. The molecule has 1 heterocycles. The van der Waals surface area contributed by atoms with Crippen LogP contribution in [0.15, 0.2) is 47.6 Å². The van der Waals surface area contributed by atoms with Gasteiger partial charge in [-0.25, -0.2) is 9.78 Å². The van der Waals surface area contributed by atoms with Gasteiger partial charge in [-0.15, -0.1) is 11.8 Å². The van der Waals surface area contributed by atoms with Crippen molar-refractivity contribution in [3.63, 3.8) is 0 Å². The van der Waals surface area contributed by atoms with Gasteiger partial charge in [-0.1, -0.05) is 23.7 Å². The summed E-state index contributed by atoms with van der Waals surface area (Å²) in [5.74, 6) is 0.00364. The standard InChI is InChI=1S/C14H11ClN2O4S/c15-12-4-2-1-3-11(12)14(18)21-7-8-22-13-6-5-10(9-16-13)17(19)20/h1-6,9H,7-8H2. The van der Waals surface area contributed by atoms with Crippen LogP contribution in [0.3, 0.4) is 0 Å². The lowest BCUT2D eigenvalue weighted by Crippen LogP contribution is -2.08. The molecular formula is C14H11ClN2O4S. The van der Waals surface area contributed by atoms with Crippen molar-refractivity contribution in [2.45, 2.75) is 5.03 Å². The number of nitro groups is 1. The van der Waals surface area contributed by atoms with Crippen molar-refractivity contribution in [3.05, 3.63) is 63.3 Å². The summed E-state index contributed by atoms with van der Waals surface area (Å²) in [5, 5.41) is 11.5. The Kier molecular flexibility index (Phi) is 5.74. The molecule has 8 heteroatoms. The summed E-state index contributed by atoms with van der Waals surface area (Å²) >= 11 is 7.24. The predicted molar refractivity (Wildman–Crippen MR) is 83.3 cm³/mol. The molecule has 0 saturated heterocycles. The summed E-state index contributed by atoms with van der Waals surface area (Å²) in [6.45, 7) is 0.188. The molecule has 0 saturated carbocycles. The van der Waals surface area contributed by atoms with Crippen LogP contribution in [0.5, 0.6) is 0 Å². The second kappa shape index (κ2) is 7.77. The van der Waals surface area contributed by atoms with Crippen LogP contribution >= 0.6 is 23.4 Å². The maximum atomic E-state index is 11.8. The molecule has 0 aliphatic heterocycles. The second-order valence-electron chi connectivity index (χ2n) is 4.08. The first-order valence-electron chi connectivity index (χ1n) is 6.23. The van der Waals surface area contributed by atoms with E-state index in [-0.39, 0.29) is 12.3 Å². The van der Waals surface area contributed by atoms with Crippen molar-refractivity contribution in [1.82, 2.24) is 4.98 Å². The average molecular weight is 339 g/mol. The zero-order chi connectivity index (χ0) is 15.9. The number of hydrogen-bond acceptors (Lipinski definition) is 6. The first-order chi connectivity index (χ1) is 10.6. The molecule has 0 N–H and O–H groups in total. The number of pyridine rings is 1. The van der Waals surface area contributed by atoms with Crippen molar-refractivity contribution in [1.29, 1.82) is 0 Å². The molecule has 2 aromatic rings. The highest BCUT2D eigenvalue weighted by molar-refractivity contribution is 7.99. The highest BCUT2D eigenvalue weighted by Crippen LogP contribution is 2.19. The van der Waals surface area contributed by atoms with Gasteiger partial charge in [0.05, 0.1) is 20.5 Å².